The molecule has 0 unspecified atom stereocenters. The molecule has 22 heavy (non-hydrogen) atoms. The molecule has 0 spiro atoms. The van der Waals surface area contributed by atoms with Gasteiger partial charge in [-0.1, -0.05) is 12.1 Å². The number of hydrogen-bond donors (Lipinski definition) is 3. The third-order valence-corrected chi connectivity index (χ3v) is 3.91. The Labute approximate surface area is 132 Å². The number of methoxy groups -OCH3 is 2. The lowest BCUT2D eigenvalue weighted by Crippen LogP contribution is -1.98. The molecule has 7 heteroatoms. The Hall–Kier alpha value is -2.38. The van der Waals surface area contributed by atoms with Crippen LogP contribution in [0.15, 0.2) is 41.3 Å². The van der Waals surface area contributed by atoms with Gasteiger partial charge in [0.15, 0.2) is 5.82 Å². The highest BCUT2D eigenvalue weighted by atomic mass is 32.2. The standard InChI is InChI=1S/C15H16N4O2S/c1-20-12-8-14(22-16)13(21-2)7-11(12)17-15-9-5-3-4-6-10(9)18-19-15/h3-8H,16H2,1-2H3,(H2,17,18,19). The van der Waals surface area contributed by atoms with Gasteiger partial charge in [-0.05, 0) is 24.1 Å². The maximum Gasteiger partial charge on any atom is 0.160 e. The fourth-order valence-electron chi connectivity index (χ4n) is 2.25. The van der Waals surface area contributed by atoms with Crippen LogP contribution in [0.3, 0.4) is 0 Å². The quantitative estimate of drug-likeness (QED) is 0.626. The second kappa shape index (κ2) is 6.17. The first-order valence-corrected chi connectivity index (χ1v) is 7.47. The molecule has 0 atom stereocenters. The van der Waals surface area contributed by atoms with E-state index in [-0.39, 0.29) is 0 Å². The Morgan fingerprint density at radius 1 is 1.14 bits per heavy atom. The predicted octanol–water partition coefficient (Wildman–Crippen LogP) is 3.29. The largest absolute Gasteiger partial charge is 0.495 e. The monoisotopic (exact) mass is 316 g/mol. The summed E-state index contributed by atoms with van der Waals surface area (Å²) in [5.41, 5.74) is 1.72. The molecule has 1 aromatic heterocycles. The number of ether oxygens (including phenoxy) is 2. The average molecular weight is 316 g/mol. The van der Waals surface area contributed by atoms with Crippen LogP contribution < -0.4 is 19.9 Å². The molecule has 0 fully saturated rings. The third kappa shape index (κ3) is 2.56. The Balaban J connectivity index is 2.04. The number of rotatable bonds is 5. The first kappa shape index (κ1) is 14.6. The summed E-state index contributed by atoms with van der Waals surface area (Å²) < 4.78 is 10.8. The molecule has 6 nitrogen and oxygen atoms in total. The van der Waals surface area contributed by atoms with Crippen molar-refractivity contribution in [2.45, 2.75) is 4.90 Å². The molecule has 1 heterocycles. The number of aromatic amines is 1. The zero-order chi connectivity index (χ0) is 15.5. The second-order valence-electron chi connectivity index (χ2n) is 4.56. The number of fused-ring (bicyclic) bond motifs is 1. The van der Waals surface area contributed by atoms with Gasteiger partial charge in [0, 0.05) is 17.5 Å². The molecule has 3 aromatic rings. The molecule has 0 saturated heterocycles. The Bertz CT molecular complexity index is 803. The smallest absolute Gasteiger partial charge is 0.160 e. The molecule has 3 rings (SSSR count). The summed E-state index contributed by atoms with van der Waals surface area (Å²) in [5, 5.41) is 17.2. The van der Waals surface area contributed by atoms with Crippen LogP contribution in [-0.2, 0) is 0 Å². The minimum absolute atomic E-state index is 0.667. The van der Waals surface area contributed by atoms with Gasteiger partial charge in [-0.3, -0.25) is 10.2 Å². The highest BCUT2D eigenvalue weighted by Gasteiger charge is 2.13. The highest BCUT2D eigenvalue weighted by Crippen LogP contribution is 2.38. The number of hydrogen-bond acceptors (Lipinski definition) is 6. The van der Waals surface area contributed by atoms with Gasteiger partial charge in [-0.25, -0.2) is 0 Å². The van der Waals surface area contributed by atoms with Crippen molar-refractivity contribution in [3.8, 4) is 11.5 Å². The summed E-state index contributed by atoms with van der Waals surface area (Å²) in [6.45, 7) is 0. The van der Waals surface area contributed by atoms with E-state index >= 15 is 0 Å². The molecule has 4 N–H and O–H groups in total. The van der Waals surface area contributed by atoms with E-state index in [1.807, 2.05) is 36.4 Å². The first-order valence-electron chi connectivity index (χ1n) is 6.59. The molecule has 0 aliphatic heterocycles. The van der Waals surface area contributed by atoms with Gasteiger partial charge in [0.05, 0.1) is 30.3 Å². The molecule has 0 saturated carbocycles. The lowest BCUT2D eigenvalue weighted by molar-refractivity contribution is 0.395. The molecule has 114 valence electrons. The van der Waals surface area contributed by atoms with E-state index in [0.29, 0.717) is 11.5 Å². The number of anilines is 2. The molecule has 0 radical (unpaired) electrons. The minimum Gasteiger partial charge on any atom is -0.495 e. The predicted molar refractivity (Wildman–Crippen MR) is 89.0 cm³/mol. The van der Waals surface area contributed by atoms with Gasteiger partial charge < -0.3 is 14.8 Å². The zero-order valence-electron chi connectivity index (χ0n) is 12.2. The molecular weight excluding hydrogens is 300 g/mol. The van der Waals surface area contributed by atoms with Crippen LogP contribution in [0, 0.1) is 0 Å². The summed E-state index contributed by atoms with van der Waals surface area (Å²) >= 11 is 1.11. The average Bonchev–Trinajstić information content (AvgIpc) is 2.97. The van der Waals surface area contributed by atoms with Crippen LogP contribution in [0.25, 0.3) is 10.9 Å². The van der Waals surface area contributed by atoms with E-state index in [1.165, 1.54) is 0 Å². The van der Waals surface area contributed by atoms with E-state index in [4.69, 9.17) is 14.6 Å². The van der Waals surface area contributed by atoms with Crippen molar-refractivity contribution in [3.63, 3.8) is 0 Å². The van der Waals surface area contributed by atoms with Crippen LogP contribution in [0.5, 0.6) is 11.5 Å². The number of benzene rings is 2. The molecule has 0 aliphatic rings. The summed E-state index contributed by atoms with van der Waals surface area (Å²) in [7, 11) is 3.22. The molecular formula is C15H16N4O2S. The third-order valence-electron chi connectivity index (χ3n) is 3.34. The minimum atomic E-state index is 0.667. The van der Waals surface area contributed by atoms with Gasteiger partial charge in [0.1, 0.15) is 11.5 Å². The van der Waals surface area contributed by atoms with E-state index in [2.05, 4.69) is 15.5 Å². The lowest BCUT2D eigenvalue weighted by atomic mass is 10.2. The van der Waals surface area contributed by atoms with Gasteiger partial charge in [-0.2, -0.15) is 5.10 Å². The van der Waals surface area contributed by atoms with Gasteiger partial charge >= 0.3 is 0 Å². The number of aromatic nitrogens is 2. The highest BCUT2D eigenvalue weighted by molar-refractivity contribution is 7.97. The fraction of sp³-hybridized carbons (Fsp3) is 0.133. The summed E-state index contributed by atoms with van der Waals surface area (Å²) in [4.78, 5) is 0.803. The Morgan fingerprint density at radius 2 is 1.91 bits per heavy atom. The topological polar surface area (TPSA) is 85.2 Å². The van der Waals surface area contributed by atoms with Crippen LogP contribution in [0.4, 0.5) is 11.5 Å². The molecule has 0 bridgehead atoms. The Morgan fingerprint density at radius 3 is 2.64 bits per heavy atom. The van der Waals surface area contributed by atoms with Crippen molar-refractivity contribution in [2.24, 2.45) is 5.14 Å². The molecule has 0 aliphatic carbocycles. The summed E-state index contributed by atoms with van der Waals surface area (Å²) in [6, 6.07) is 11.6. The number of nitrogens with zero attached hydrogens (tertiary/aromatic N) is 1. The van der Waals surface area contributed by atoms with E-state index in [1.54, 1.807) is 14.2 Å². The number of nitrogens with one attached hydrogen (secondary N) is 2. The van der Waals surface area contributed by atoms with Crippen LogP contribution in [-0.4, -0.2) is 24.4 Å². The van der Waals surface area contributed by atoms with Crippen LogP contribution in [0.1, 0.15) is 0 Å². The van der Waals surface area contributed by atoms with Crippen LogP contribution >= 0.6 is 11.9 Å². The zero-order valence-corrected chi connectivity index (χ0v) is 13.0. The first-order chi connectivity index (χ1) is 10.8. The number of H-pyrrole nitrogens is 1. The summed E-state index contributed by atoms with van der Waals surface area (Å²) in [6.07, 6.45) is 0. The fourth-order valence-corrected chi connectivity index (χ4v) is 2.68. The van der Waals surface area contributed by atoms with Crippen molar-refractivity contribution in [1.29, 1.82) is 0 Å². The second-order valence-corrected chi connectivity index (χ2v) is 5.24. The lowest BCUT2D eigenvalue weighted by Gasteiger charge is -2.14. The van der Waals surface area contributed by atoms with Crippen molar-refractivity contribution in [1.82, 2.24) is 10.2 Å². The van der Waals surface area contributed by atoms with E-state index in [0.717, 1.165) is 39.3 Å². The van der Waals surface area contributed by atoms with Gasteiger partial charge in [0.2, 0.25) is 0 Å². The molecule has 0 amide bonds. The van der Waals surface area contributed by atoms with Crippen molar-refractivity contribution in [3.05, 3.63) is 36.4 Å². The SMILES string of the molecule is COc1cc(SN)c(OC)cc1Nc1n[nH]c2ccccc12. The Kier molecular flexibility index (Phi) is 4.08. The van der Waals surface area contributed by atoms with Crippen molar-refractivity contribution in [2.75, 3.05) is 19.5 Å². The molecule has 2 aromatic carbocycles. The summed E-state index contributed by atoms with van der Waals surface area (Å²) in [5.74, 6) is 2.07. The number of para-hydroxylation sites is 1. The van der Waals surface area contributed by atoms with Crippen molar-refractivity contribution < 1.29 is 9.47 Å². The van der Waals surface area contributed by atoms with E-state index in [9.17, 15) is 0 Å². The van der Waals surface area contributed by atoms with Crippen molar-refractivity contribution >= 4 is 34.4 Å². The van der Waals surface area contributed by atoms with Gasteiger partial charge in [0.25, 0.3) is 0 Å². The maximum absolute atomic E-state index is 5.65. The maximum atomic E-state index is 5.65. The van der Waals surface area contributed by atoms with Crippen LogP contribution in [0.2, 0.25) is 0 Å². The van der Waals surface area contributed by atoms with Gasteiger partial charge in [-0.15, -0.1) is 0 Å². The number of nitrogens with two attached hydrogens (primary N) is 1. The normalized spacial score (nSPS) is 10.7. The van der Waals surface area contributed by atoms with E-state index < -0.39 is 0 Å².